The van der Waals surface area contributed by atoms with Gasteiger partial charge in [0.25, 0.3) is 0 Å². The first-order valence-electron chi connectivity index (χ1n) is 18.5. The lowest BCUT2D eigenvalue weighted by Crippen LogP contribution is -2.47. The van der Waals surface area contributed by atoms with Crippen LogP contribution >= 0.6 is 0 Å². The van der Waals surface area contributed by atoms with E-state index in [4.69, 9.17) is 14.2 Å². The minimum absolute atomic E-state index is 0.0393. The Kier molecular flexibility index (Phi) is 12.4. The van der Waals surface area contributed by atoms with Gasteiger partial charge in [0.2, 0.25) is 15.9 Å². The van der Waals surface area contributed by atoms with Crippen molar-refractivity contribution in [2.45, 2.75) is 84.7 Å². The summed E-state index contributed by atoms with van der Waals surface area (Å²) in [4.78, 5) is 11.4. The van der Waals surface area contributed by atoms with Crippen LogP contribution in [0, 0.1) is 0 Å². The fraction of sp³-hybridized carbons (Fsp3) is 0.513. The fourth-order valence-electron chi connectivity index (χ4n) is 7.19. The molecule has 13 nitrogen and oxygen atoms in total. The van der Waals surface area contributed by atoms with E-state index in [2.05, 4.69) is 10.6 Å². The van der Waals surface area contributed by atoms with Crippen molar-refractivity contribution in [3.05, 3.63) is 72.3 Å². The summed E-state index contributed by atoms with van der Waals surface area (Å²) in [5.41, 5.74) is 2.21. The van der Waals surface area contributed by atoms with Crippen molar-refractivity contribution in [3.63, 3.8) is 0 Å². The lowest BCUT2D eigenvalue weighted by atomic mass is 9.88. The molecule has 3 aliphatic rings. The van der Waals surface area contributed by atoms with E-state index in [1.807, 2.05) is 37.3 Å². The number of carbonyl (C=O) groups excluding carboxylic acids is 1. The Balaban J connectivity index is 1.01. The van der Waals surface area contributed by atoms with E-state index < -0.39 is 42.9 Å². The molecule has 1 amide bonds. The van der Waals surface area contributed by atoms with Gasteiger partial charge < -0.3 is 35.1 Å². The summed E-state index contributed by atoms with van der Waals surface area (Å²) in [6.45, 7) is 4.93. The maximum Gasteiger partial charge on any atom is 0.246 e. The minimum Gasteiger partial charge on any atom is -0.492 e. The number of carbonyl (C=O) groups is 1. The van der Waals surface area contributed by atoms with E-state index in [1.165, 1.54) is 23.4 Å². The number of hydrogen-bond acceptors (Lipinski definition) is 11. The molecule has 3 aromatic carbocycles. The number of nitrogens with zero attached hydrogens (tertiary/aromatic N) is 1. The minimum atomic E-state index is -3.90. The summed E-state index contributed by atoms with van der Waals surface area (Å²) in [5, 5.41) is 26.4. The van der Waals surface area contributed by atoms with Gasteiger partial charge in [0.1, 0.15) is 29.1 Å². The van der Waals surface area contributed by atoms with Crippen LogP contribution in [0.5, 0.6) is 11.5 Å². The highest BCUT2D eigenvalue weighted by Gasteiger charge is 2.54. The zero-order valence-electron chi connectivity index (χ0n) is 30.8. The second-order valence-corrected chi connectivity index (χ2v) is 18.8. The van der Waals surface area contributed by atoms with E-state index in [-0.39, 0.29) is 34.9 Å². The number of nitrogens with one attached hydrogen (secondary N) is 2. The molecule has 1 spiro atoms. The molecule has 54 heavy (non-hydrogen) atoms. The van der Waals surface area contributed by atoms with Gasteiger partial charge in [-0.25, -0.2) is 16.8 Å². The van der Waals surface area contributed by atoms with Gasteiger partial charge in [-0.1, -0.05) is 36.4 Å². The number of benzene rings is 3. The average molecular weight is 786 g/mol. The molecular formula is C39H51N3O10S2. The molecule has 15 heteroatoms. The molecule has 294 valence electrons. The van der Waals surface area contributed by atoms with E-state index in [0.29, 0.717) is 82.9 Å². The highest BCUT2D eigenvalue weighted by molar-refractivity contribution is 7.93. The van der Waals surface area contributed by atoms with Crippen LogP contribution in [-0.2, 0) is 35.8 Å². The van der Waals surface area contributed by atoms with Crippen LogP contribution in [0.1, 0.15) is 51.5 Å². The molecule has 2 heterocycles. The molecule has 0 bridgehead atoms. The first kappa shape index (κ1) is 40.1. The van der Waals surface area contributed by atoms with Crippen LogP contribution in [0.2, 0.25) is 0 Å². The normalized spacial score (nSPS) is 20.0. The SMILES string of the molecule is CCOc1ccc(-c2ccc(CCNC(C)=O)cc2)cc1S(=O)(=O)N1CCC2(CC1)C[C@@H](NCC(O)COc1cccc(S(=O)(=O)C3(CO)CC3)c1)CO2. The van der Waals surface area contributed by atoms with Gasteiger partial charge >= 0.3 is 0 Å². The molecular weight excluding hydrogens is 735 g/mol. The molecule has 1 aliphatic carbocycles. The topological polar surface area (TPSA) is 181 Å². The van der Waals surface area contributed by atoms with E-state index in [1.54, 1.807) is 24.3 Å². The monoisotopic (exact) mass is 785 g/mol. The fourth-order valence-corrected chi connectivity index (χ4v) is 10.6. The lowest BCUT2D eigenvalue weighted by molar-refractivity contribution is -0.118. The van der Waals surface area contributed by atoms with Crippen molar-refractivity contribution in [1.82, 2.24) is 14.9 Å². The number of sulfonamides is 1. The lowest BCUT2D eigenvalue weighted by Gasteiger charge is -2.38. The van der Waals surface area contributed by atoms with Crippen LogP contribution in [0.25, 0.3) is 11.1 Å². The van der Waals surface area contributed by atoms with Crippen molar-refractivity contribution < 1.29 is 46.1 Å². The number of piperidine rings is 1. The third-order valence-corrected chi connectivity index (χ3v) is 15.1. The number of hydrogen-bond donors (Lipinski definition) is 4. The maximum absolute atomic E-state index is 14.1. The molecule has 4 N–H and O–H groups in total. The highest BCUT2D eigenvalue weighted by atomic mass is 32.2. The molecule has 2 atom stereocenters. The van der Waals surface area contributed by atoms with Gasteiger partial charge in [0.15, 0.2) is 9.84 Å². The van der Waals surface area contributed by atoms with Crippen molar-refractivity contribution in [1.29, 1.82) is 0 Å². The Labute approximate surface area is 318 Å². The van der Waals surface area contributed by atoms with E-state index in [0.717, 1.165) is 16.7 Å². The standard InChI is InChI=1S/C39H51N3O10S2/c1-3-50-36-12-11-31(30-9-7-29(8-10-30)13-18-40-28(2)44)21-37(36)54(48,49)42-19-16-38(17-20-42)23-32(25-52-38)41-24-33(45)26-51-34-5-4-6-35(22-34)53(46,47)39(27-43)14-15-39/h4-12,21-22,32-33,41,43,45H,3,13-20,23-27H2,1-2H3,(H,40,44)/t32-,33?/m1/s1. The molecule has 1 unspecified atom stereocenters. The number of sulfone groups is 1. The predicted octanol–water partition coefficient (Wildman–Crippen LogP) is 3.07. The van der Waals surface area contributed by atoms with Crippen LogP contribution < -0.4 is 20.1 Å². The van der Waals surface area contributed by atoms with Crippen LogP contribution in [0.3, 0.4) is 0 Å². The molecule has 3 aromatic rings. The molecule has 1 saturated carbocycles. The summed E-state index contributed by atoms with van der Waals surface area (Å²) in [5.74, 6) is 0.554. The Bertz CT molecular complexity index is 1990. The van der Waals surface area contributed by atoms with Crippen LogP contribution in [0.15, 0.2) is 76.5 Å². The smallest absolute Gasteiger partial charge is 0.246 e. The van der Waals surface area contributed by atoms with Crippen molar-refractivity contribution >= 4 is 25.8 Å². The van der Waals surface area contributed by atoms with Gasteiger partial charge in [-0.15, -0.1) is 0 Å². The maximum atomic E-state index is 14.1. The molecule has 0 radical (unpaired) electrons. The Morgan fingerprint density at radius 1 is 0.981 bits per heavy atom. The third kappa shape index (κ3) is 8.93. The second kappa shape index (κ2) is 16.7. The first-order chi connectivity index (χ1) is 25.8. The zero-order chi connectivity index (χ0) is 38.6. The van der Waals surface area contributed by atoms with E-state index >= 15 is 0 Å². The largest absolute Gasteiger partial charge is 0.492 e. The molecule has 3 fully saturated rings. The Hall–Kier alpha value is -3.57. The summed E-state index contributed by atoms with van der Waals surface area (Å²) in [6, 6.07) is 19.2. The molecule has 6 rings (SSSR count). The van der Waals surface area contributed by atoms with Crippen LogP contribution in [-0.4, -0.2) is 112 Å². The number of aliphatic hydroxyl groups excluding tert-OH is 2. The Morgan fingerprint density at radius 2 is 1.70 bits per heavy atom. The second-order valence-electron chi connectivity index (χ2n) is 14.5. The number of rotatable bonds is 17. The van der Waals surface area contributed by atoms with Gasteiger partial charge in [-0.2, -0.15) is 4.31 Å². The summed E-state index contributed by atoms with van der Waals surface area (Å²) in [6.07, 6.45) is 2.39. The van der Waals surface area contributed by atoms with Gasteiger partial charge in [0.05, 0.1) is 35.1 Å². The number of ether oxygens (including phenoxy) is 3. The van der Waals surface area contributed by atoms with Gasteiger partial charge in [-0.05, 0) is 92.5 Å². The highest BCUT2D eigenvalue weighted by Crippen LogP contribution is 2.46. The summed E-state index contributed by atoms with van der Waals surface area (Å²) >= 11 is 0. The predicted molar refractivity (Wildman–Crippen MR) is 203 cm³/mol. The van der Waals surface area contributed by atoms with Crippen molar-refractivity contribution in [2.24, 2.45) is 0 Å². The Morgan fingerprint density at radius 3 is 2.37 bits per heavy atom. The van der Waals surface area contributed by atoms with Crippen molar-refractivity contribution in [3.8, 4) is 22.6 Å². The van der Waals surface area contributed by atoms with Gasteiger partial charge in [0, 0.05) is 39.1 Å². The quantitative estimate of drug-likeness (QED) is 0.158. The molecule has 0 aromatic heterocycles. The van der Waals surface area contributed by atoms with Crippen molar-refractivity contribution in [2.75, 3.05) is 52.6 Å². The number of amides is 1. The first-order valence-corrected chi connectivity index (χ1v) is 21.5. The molecule has 2 aliphatic heterocycles. The van der Waals surface area contributed by atoms with Gasteiger partial charge in [-0.3, -0.25) is 4.79 Å². The molecule has 2 saturated heterocycles. The zero-order valence-corrected chi connectivity index (χ0v) is 32.5. The van der Waals surface area contributed by atoms with E-state index in [9.17, 15) is 31.8 Å². The summed E-state index contributed by atoms with van der Waals surface area (Å²) in [7, 11) is -7.59. The third-order valence-electron chi connectivity index (χ3n) is 10.6. The summed E-state index contributed by atoms with van der Waals surface area (Å²) < 4.78 is 72.3. The average Bonchev–Trinajstić information content (AvgIpc) is 3.89. The number of aliphatic hydroxyl groups is 2. The van der Waals surface area contributed by atoms with Crippen LogP contribution in [0.4, 0.5) is 0 Å².